The minimum Gasteiger partial charge on any atom is -0.299 e. The third-order valence-corrected chi connectivity index (χ3v) is 6.36. The van der Waals surface area contributed by atoms with Crippen molar-refractivity contribution >= 4 is 37.4 Å². The largest absolute Gasteiger partial charge is 0.299 e. The van der Waals surface area contributed by atoms with Crippen molar-refractivity contribution in [2.45, 2.75) is 25.0 Å². The summed E-state index contributed by atoms with van der Waals surface area (Å²) >= 11 is 3.37. The van der Waals surface area contributed by atoms with Crippen LogP contribution in [0.1, 0.15) is 23.1 Å². The predicted octanol–water partition coefficient (Wildman–Crippen LogP) is 4.53. The van der Waals surface area contributed by atoms with Gasteiger partial charge < -0.3 is 0 Å². The molecule has 1 aromatic heterocycles. The van der Waals surface area contributed by atoms with Crippen LogP contribution in [0.4, 0.5) is 5.69 Å². The lowest BCUT2D eigenvalue weighted by Gasteiger charge is -2.10. The van der Waals surface area contributed by atoms with Gasteiger partial charge in [0.1, 0.15) is 5.78 Å². The number of aromatic nitrogens is 1. The zero-order chi connectivity index (χ0) is 20.7. The van der Waals surface area contributed by atoms with Gasteiger partial charge in [0.2, 0.25) is 10.0 Å². The molecule has 0 saturated carbocycles. The van der Waals surface area contributed by atoms with Gasteiger partial charge in [-0.05, 0) is 47.4 Å². The number of nitrogens with zero attached hydrogens (tertiary/aromatic N) is 1. The zero-order valence-electron chi connectivity index (χ0n) is 15.7. The smallest absolute Gasteiger partial charge is 0.236 e. The van der Waals surface area contributed by atoms with E-state index in [9.17, 15) is 13.2 Å². The number of sulfonamides is 1. The number of rotatable bonds is 9. The second-order valence-electron chi connectivity index (χ2n) is 6.73. The van der Waals surface area contributed by atoms with Gasteiger partial charge in [-0.15, -0.1) is 0 Å². The molecular formula is C22H21BrN2O3S. The summed E-state index contributed by atoms with van der Waals surface area (Å²) in [4.78, 5) is 16.2. The van der Waals surface area contributed by atoms with Crippen molar-refractivity contribution in [2.24, 2.45) is 0 Å². The van der Waals surface area contributed by atoms with Gasteiger partial charge in [0, 0.05) is 35.4 Å². The quantitative estimate of drug-likeness (QED) is 0.496. The van der Waals surface area contributed by atoms with E-state index in [4.69, 9.17) is 0 Å². The summed E-state index contributed by atoms with van der Waals surface area (Å²) in [6.45, 7) is 0. The number of anilines is 1. The number of Topliss-reactive ketones (excluding diaryl/α,β-unsaturated/α-hetero) is 1. The van der Waals surface area contributed by atoms with Gasteiger partial charge in [0.15, 0.2) is 0 Å². The molecule has 3 aromatic rings. The normalized spacial score (nSPS) is 11.2. The van der Waals surface area contributed by atoms with Crippen molar-refractivity contribution in [2.75, 3.05) is 4.72 Å². The molecule has 0 aliphatic heterocycles. The second kappa shape index (κ2) is 9.80. The van der Waals surface area contributed by atoms with E-state index >= 15 is 0 Å². The van der Waals surface area contributed by atoms with E-state index in [1.54, 1.807) is 48.8 Å². The average Bonchev–Trinajstić information content (AvgIpc) is 2.70. The molecule has 1 heterocycles. The predicted molar refractivity (Wildman–Crippen MR) is 118 cm³/mol. The number of pyridine rings is 1. The molecule has 0 bridgehead atoms. The summed E-state index contributed by atoms with van der Waals surface area (Å²) in [6.07, 6.45) is 4.91. The summed E-state index contributed by atoms with van der Waals surface area (Å²) in [5, 5.41) is 0. The summed E-state index contributed by atoms with van der Waals surface area (Å²) in [5.41, 5.74) is 3.06. The van der Waals surface area contributed by atoms with Crippen LogP contribution in [-0.2, 0) is 33.4 Å². The summed E-state index contributed by atoms with van der Waals surface area (Å²) in [5.74, 6) is 0.0133. The number of aryl methyl sites for hydroxylation is 1. The van der Waals surface area contributed by atoms with Crippen LogP contribution in [0.3, 0.4) is 0 Å². The maximum absolute atomic E-state index is 12.4. The molecule has 0 radical (unpaired) electrons. The van der Waals surface area contributed by atoms with Crippen LogP contribution in [0, 0.1) is 0 Å². The van der Waals surface area contributed by atoms with Crippen LogP contribution in [0.15, 0.2) is 77.5 Å². The fourth-order valence-corrected chi connectivity index (χ4v) is 4.71. The Kier molecular flexibility index (Phi) is 7.17. The molecular weight excluding hydrogens is 452 g/mol. The highest BCUT2D eigenvalue weighted by Gasteiger charge is 2.14. The van der Waals surface area contributed by atoms with Crippen LogP contribution in [0.2, 0.25) is 0 Å². The second-order valence-corrected chi connectivity index (χ2v) is 9.30. The molecule has 29 heavy (non-hydrogen) atoms. The van der Waals surface area contributed by atoms with E-state index in [1.807, 2.05) is 24.3 Å². The van der Waals surface area contributed by atoms with Gasteiger partial charge in [-0.3, -0.25) is 14.5 Å². The topological polar surface area (TPSA) is 76.1 Å². The lowest BCUT2D eigenvalue weighted by atomic mass is 10.0. The van der Waals surface area contributed by atoms with Crippen molar-refractivity contribution in [3.8, 4) is 0 Å². The van der Waals surface area contributed by atoms with Crippen molar-refractivity contribution in [1.29, 1.82) is 0 Å². The molecule has 0 fully saturated rings. The third kappa shape index (κ3) is 6.80. The highest BCUT2D eigenvalue weighted by molar-refractivity contribution is 9.10. The SMILES string of the molecule is O=C(CCc1cccnc1)Cc1ccc(NS(=O)(=O)Cc2ccccc2Br)cc1. The van der Waals surface area contributed by atoms with Crippen molar-refractivity contribution < 1.29 is 13.2 Å². The van der Waals surface area contributed by atoms with Crippen LogP contribution in [0.5, 0.6) is 0 Å². The Morgan fingerprint density at radius 2 is 1.72 bits per heavy atom. The molecule has 0 spiro atoms. The van der Waals surface area contributed by atoms with Crippen LogP contribution in [-0.4, -0.2) is 19.2 Å². The number of ketones is 1. The highest BCUT2D eigenvalue weighted by Crippen LogP contribution is 2.20. The van der Waals surface area contributed by atoms with Crippen LogP contribution < -0.4 is 4.72 Å². The molecule has 2 aromatic carbocycles. The Hall–Kier alpha value is -2.51. The molecule has 5 nitrogen and oxygen atoms in total. The molecule has 3 rings (SSSR count). The minimum atomic E-state index is -3.54. The highest BCUT2D eigenvalue weighted by atomic mass is 79.9. The van der Waals surface area contributed by atoms with E-state index < -0.39 is 10.0 Å². The number of nitrogens with one attached hydrogen (secondary N) is 1. The fourth-order valence-electron chi connectivity index (χ4n) is 2.87. The van der Waals surface area contributed by atoms with Crippen molar-refractivity contribution in [3.63, 3.8) is 0 Å². The number of carbonyl (C=O) groups is 1. The first kappa shape index (κ1) is 21.2. The van der Waals surface area contributed by atoms with E-state index in [0.29, 0.717) is 30.5 Å². The molecule has 0 aliphatic rings. The standard InChI is InChI=1S/C22H21BrN2O3S/c23-22-6-2-1-5-19(22)16-29(27,28)25-20-10-7-17(8-11-20)14-21(26)12-9-18-4-3-13-24-15-18/h1-8,10-11,13,15,25H,9,12,14,16H2. The van der Waals surface area contributed by atoms with Gasteiger partial charge in [0.25, 0.3) is 0 Å². The number of halogens is 1. The Morgan fingerprint density at radius 1 is 0.966 bits per heavy atom. The van der Waals surface area contributed by atoms with Crippen molar-refractivity contribution in [1.82, 2.24) is 4.98 Å². The van der Waals surface area contributed by atoms with Gasteiger partial charge >= 0.3 is 0 Å². The summed E-state index contributed by atoms with van der Waals surface area (Å²) < 4.78 is 28.2. The molecule has 0 amide bonds. The minimum absolute atomic E-state index is 0.122. The molecule has 150 valence electrons. The first-order chi connectivity index (χ1) is 13.9. The maximum atomic E-state index is 12.4. The number of carbonyl (C=O) groups excluding carboxylic acids is 1. The van der Waals surface area contributed by atoms with E-state index in [2.05, 4.69) is 25.6 Å². The van der Waals surface area contributed by atoms with Crippen molar-refractivity contribution in [3.05, 3.63) is 94.2 Å². The molecule has 7 heteroatoms. The molecule has 0 unspecified atom stereocenters. The molecule has 0 aliphatic carbocycles. The Morgan fingerprint density at radius 3 is 2.41 bits per heavy atom. The third-order valence-electron chi connectivity index (χ3n) is 4.35. The monoisotopic (exact) mass is 472 g/mol. The Balaban J connectivity index is 1.54. The molecule has 0 atom stereocenters. The first-order valence-electron chi connectivity index (χ1n) is 9.15. The summed E-state index contributed by atoms with van der Waals surface area (Å²) in [7, 11) is -3.54. The van der Waals surface area contributed by atoms with Gasteiger partial charge in [0.05, 0.1) is 5.75 Å². The number of hydrogen-bond donors (Lipinski definition) is 1. The lowest BCUT2D eigenvalue weighted by Crippen LogP contribution is -2.15. The van der Waals surface area contributed by atoms with E-state index in [1.165, 1.54) is 0 Å². The summed E-state index contributed by atoms with van der Waals surface area (Å²) in [6, 6.07) is 17.9. The lowest BCUT2D eigenvalue weighted by molar-refractivity contribution is -0.118. The maximum Gasteiger partial charge on any atom is 0.236 e. The van der Waals surface area contributed by atoms with Crippen LogP contribution >= 0.6 is 15.9 Å². The molecule has 0 saturated heterocycles. The number of benzene rings is 2. The fraction of sp³-hybridized carbons (Fsp3) is 0.182. The molecule has 1 N–H and O–H groups in total. The Bertz CT molecular complexity index is 1070. The van der Waals surface area contributed by atoms with Crippen LogP contribution in [0.25, 0.3) is 0 Å². The van der Waals surface area contributed by atoms with E-state index in [0.717, 1.165) is 15.6 Å². The van der Waals surface area contributed by atoms with E-state index in [-0.39, 0.29) is 11.5 Å². The van der Waals surface area contributed by atoms with Gasteiger partial charge in [-0.25, -0.2) is 8.42 Å². The Labute approximate surface area is 179 Å². The van der Waals surface area contributed by atoms with Gasteiger partial charge in [-0.1, -0.05) is 52.3 Å². The van der Waals surface area contributed by atoms with Gasteiger partial charge in [-0.2, -0.15) is 0 Å². The number of hydrogen-bond acceptors (Lipinski definition) is 4. The zero-order valence-corrected chi connectivity index (χ0v) is 18.1. The first-order valence-corrected chi connectivity index (χ1v) is 11.6. The average molecular weight is 473 g/mol.